The Morgan fingerprint density at radius 2 is 2.22 bits per heavy atom. The molecule has 1 atom stereocenters. The van der Waals surface area contributed by atoms with Gasteiger partial charge in [-0.05, 0) is 37.2 Å². The van der Waals surface area contributed by atoms with Crippen molar-refractivity contribution in [3.05, 3.63) is 23.4 Å². The van der Waals surface area contributed by atoms with E-state index in [-0.39, 0.29) is 11.3 Å². The fourth-order valence-electron chi connectivity index (χ4n) is 2.57. The Bertz CT molecular complexity index is 391. The second-order valence-corrected chi connectivity index (χ2v) is 5.65. The van der Waals surface area contributed by atoms with Gasteiger partial charge in [0.1, 0.15) is 0 Å². The first-order valence-electron chi connectivity index (χ1n) is 6.21. The monoisotopic (exact) mass is 250 g/mol. The first-order valence-corrected chi connectivity index (χ1v) is 6.21. The van der Waals surface area contributed by atoms with Gasteiger partial charge in [-0.1, -0.05) is 25.5 Å². The fourth-order valence-corrected chi connectivity index (χ4v) is 2.57. The van der Waals surface area contributed by atoms with Crippen LogP contribution in [-0.4, -0.2) is 12.3 Å². The van der Waals surface area contributed by atoms with Crippen molar-refractivity contribution in [2.24, 2.45) is 17.1 Å². The normalized spacial score (nSPS) is 25.2. The summed E-state index contributed by atoms with van der Waals surface area (Å²) >= 11 is 0. The predicted octanol–water partition coefficient (Wildman–Crippen LogP) is 1.87. The molecule has 1 saturated carbocycles. The van der Waals surface area contributed by atoms with Crippen molar-refractivity contribution in [2.75, 3.05) is 0 Å². The Kier molecular flexibility index (Phi) is 4.70. The van der Waals surface area contributed by atoms with Crippen molar-refractivity contribution in [3.63, 3.8) is 0 Å². The maximum atomic E-state index is 11.4. The molecule has 0 heterocycles. The van der Waals surface area contributed by atoms with Crippen LogP contribution in [0, 0.1) is 11.3 Å². The molecular formula is C14H22N2O2. The van der Waals surface area contributed by atoms with Crippen LogP contribution in [0.15, 0.2) is 23.4 Å². The average Bonchev–Trinajstić information content (AvgIpc) is 2.50. The fraction of sp³-hybridized carbons (Fsp3) is 0.571. The van der Waals surface area contributed by atoms with Gasteiger partial charge < -0.3 is 5.73 Å². The first kappa shape index (κ1) is 14.5. The van der Waals surface area contributed by atoms with E-state index >= 15 is 0 Å². The molecule has 0 spiro atoms. The lowest BCUT2D eigenvalue weighted by Crippen LogP contribution is -2.23. The van der Waals surface area contributed by atoms with Gasteiger partial charge in [0, 0.05) is 12.1 Å². The molecule has 0 radical (unpaired) electrons. The van der Waals surface area contributed by atoms with Gasteiger partial charge in [-0.25, -0.2) is 0 Å². The molecule has 2 amide bonds. The number of amides is 2. The van der Waals surface area contributed by atoms with E-state index in [0.29, 0.717) is 18.7 Å². The number of hydrogen-bond donors (Lipinski definition) is 2. The van der Waals surface area contributed by atoms with Crippen LogP contribution in [0.4, 0.5) is 0 Å². The number of imide groups is 1. The maximum Gasteiger partial charge on any atom is 0.226 e. The van der Waals surface area contributed by atoms with Crippen LogP contribution < -0.4 is 11.1 Å². The van der Waals surface area contributed by atoms with E-state index in [2.05, 4.69) is 25.2 Å². The van der Waals surface area contributed by atoms with Crippen molar-refractivity contribution in [3.8, 4) is 0 Å². The second-order valence-electron chi connectivity index (χ2n) is 5.65. The zero-order chi connectivity index (χ0) is 13.8. The van der Waals surface area contributed by atoms with Crippen LogP contribution in [0.3, 0.4) is 0 Å². The lowest BCUT2D eigenvalue weighted by molar-refractivity contribution is -0.125. The molecule has 1 aliphatic carbocycles. The first-order chi connectivity index (χ1) is 8.35. The average molecular weight is 250 g/mol. The van der Waals surface area contributed by atoms with Gasteiger partial charge in [-0.15, -0.1) is 0 Å². The molecule has 0 aromatic carbocycles. The largest absolute Gasteiger partial charge is 0.402 e. The minimum atomic E-state index is -0.197. The van der Waals surface area contributed by atoms with Crippen LogP contribution in [-0.2, 0) is 9.59 Å². The van der Waals surface area contributed by atoms with E-state index in [1.54, 1.807) is 0 Å². The number of carbonyl (C=O) groups excluding carboxylic acids is 2. The van der Waals surface area contributed by atoms with Gasteiger partial charge in [-0.2, -0.15) is 0 Å². The van der Waals surface area contributed by atoms with E-state index in [4.69, 9.17) is 5.73 Å². The summed E-state index contributed by atoms with van der Waals surface area (Å²) in [6.07, 6.45) is 6.67. The minimum Gasteiger partial charge on any atom is -0.402 e. The quantitative estimate of drug-likeness (QED) is 0.748. The number of carbonyl (C=O) groups is 2. The number of nitrogens with one attached hydrogen (secondary N) is 1. The number of nitrogens with two attached hydrogens (primary N) is 1. The van der Waals surface area contributed by atoms with Gasteiger partial charge in [0.2, 0.25) is 12.3 Å². The molecule has 0 aliphatic heterocycles. The van der Waals surface area contributed by atoms with E-state index in [1.807, 2.05) is 13.0 Å². The van der Waals surface area contributed by atoms with Crippen molar-refractivity contribution in [2.45, 2.75) is 40.0 Å². The molecule has 100 valence electrons. The molecule has 0 bridgehead atoms. The summed E-state index contributed by atoms with van der Waals surface area (Å²) in [6, 6.07) is 0. The van der Waals surface area contributed by atoms with Crippen LogP contribution in [0.2, 0.25) is 0 Å². The van der Waals surface area contributed by atoms with Gasteiger partial charge >= 0.3 is 0 Å². The lowest BCUT2D eigenvalue weighted by Gasteiger charge is -2.19. The van der Waals surface area contributed by atoms with Gasteiger partial charge in [0.05, 0.1) is 0 Å². The molecule has 1 unspecified atom stereocenters. The predicted molar refractivity (Wildman–Crippen MR) is 71.4 cm³/mol. The van der Waals surface area contributed by atoms with E-state index in [9.17, 15) is 9.59 Å². The van der Waals surface area contributed by atoms with E-state index < -0.39 is 0 Å². The summed E-state index contributed by atoms with van der Waals surface area (Å²) in [4.78, 5) is 21.6. The van der Waals surface area contributed by atoms with Crippen LogP contribution in [0.25, 0.3) is 0 Å². The summed E-state index contributed by atoms with van der Waals surface area (Å²) in [6.45, 7) is 6.21. The molecule has 4 heteroatoms. The zero-order valence-corrected chi connectivity index (χ0v) is 11.3. The highest BCUT2D eigenvalue weighted by molar-refractivity contribution is 5.85. The van der Waals surface area contributed by atoms with Crippen LogP contribution in [0.5, 0.6) is 0 Å². The summed E-state index contributed by atoms with van der Waals surface area (Å²) in [5, 5.41) is 2.19. The Hall–Kier alpha value is -1.58. The smallest absolute Gasteiger partial charge is 0.226 e. The zero-order valence-electron chi connectivity index (χ0n) is 11.3. The Labute approximate surface area is 108 Å². The Morgan fingerprint density at radius 3 is 2.78 bits per heavy atom. The van der Waals surface area contributed by atoms with Crippen LogP contribution >= 0.6 is 0 Å². The molecule has 0 aromatic rings. The SMILES string of the molecule is C/C(N)=C\C=C1\CC(CC(=O)NC=O)CC1(C)C. The Balaban J connectivity index is 2.70. The molecule has 0 aromatic heterocycles. The molecule has 3 N–H and O–H groups in total. The minimum absolute atomic E-state index is 0.0953. The topological polar surface area (TPSA) is 72.2 Å². The van der Waals surface area contributed by atoms with Gasteiger partial charge in [0.15, 0.2) is 0 Å². The van der Waals surface area contributed by atoms with Crippen molar-refractivity contribution >= 4 is 12.3 Å². The highest BCUT2D eigenvalue weighted by Gasteiger charge is 2.35. The standard InChI is InChI=1S/C14H22N2O2/c1-10(15)4-5-12-6-11(8-14(12,2)3)7-13(18)16-9-17/h4-5,9,11H,6-8,15H2,1-3H3,(H,16,17,18)/b10-4+,12-5-. The molecule has 1 aliphatic rings. The highest BCUT2D eigenvalue weighted by atomic mass is 16.2. The van der Waals surface area contributed by atoms with Crippen molar-refractivity contribution in [1.82, 2.24) is 5.32 Å². The molecular weight excluding hydrogens is 228 g/mol. The molecule has 0 saturated heterocycles. The molecule has 18 heavy (non-hydrogen) atoms. The third kappa shape index (κ3) is 4.02. The summed E-state index contributed by atoms with van der Waals surface area (Å²) in [5.41, 5.74) is 7.82. The highest BCUT2D eigenvalue weighted by Crippen LogP contribution is 2.46. The Morgan fingerprint density at radius 1 is 1.56 bits per heavy atom. The maximum absolute atomic E-state index is 11.4. The van der Waals surface area contributed by atoms with Crippen molar-refractivity contribution in [1.29, 1.82) is 0 Å². The molecule has 4 nitrogen and oxygen atoms in total. The number of hydrogen-bond acceptors (Lipinski definition) is 3. The third-order valence-electron chi connectivity index (χ3n) is 3.42. The summed E-state index contributed by atoms with van der Waals surface area (Å²) in [7, 11) is 0. The summed E-state index contributed by atoms with van der Waals surface area (Å²) < 4.78 is 0. The molecule has 1 fully saturated rings. The summed E-state index contributed by atoms with van der Waals surface area (Å²) in [5.74, 6) is 0.107. The third-order valence-corrected chi connectivity index (χ3v) is 3.42. The van der Waals surface area contributed by atoms with E-state index in [0.717, 1.165) is 18.5 Å². The lowest BCUT2D eigenvalue weighted by atomic mass is 9.86. The van der Waals surface area contributed by atoms with Gasteiger partial charge in [-0.3, -0.25) is 14.9 Å². The van der Waals surface area contributed by atoms with Crippen molar-refractivity contribution < 1.29 is 9.59 Å². The second kappa shape index (κ2) is 5.85. The van der Waals surface area contributed by atoms with Gasteiger partial charge in [0.25, 0.3) is 0 Å². The number of allylic oxidation sites excluding steroid dienone is 4. The van der Waals surface area contributed by atoms with E-state index in [1.165, 1.54) is 5.57 Å². The number of rotatable bonds is 4. The van der Waals surface area contributed by atoms with Crippen LogP contribution in [0.1, 0.15) is 40.0 Å². The molecule has 1 rings (SSSR count).